The molecule has 7 nitrogen and oxygen atoms in total. The molecule has 1 N–H and O–H groups in total. The number of rotatable bonds is 9. The van der Waals surface area contributed by atoms with Crippen molar-refractivity contribution in [3.63, 3.8) is 0 Å². The number of ether oxygens (including phenoxy) is 1. The summed E-state index contributed by atoms with van der Waals surface area (Å²) in [5.74, 6) is 0.0892. The molecule has 0 bridgehead atoms. The molecule has 3 aromatic rings. The fourth-order valence-corrected chi connectivity index (χ4v) is 5.40. The van der Waals surface area contributed by atoms with Gasteiger partial charge in [-0.1, -0.05) is 44.2 Å². The normalized spacial score (nSPS) is 13.4. The van der Waals surface area contributed by atoms with E-state index in [0.717, 1.165) is 10.9 Å². The van der Waals surface area contributed by atoms with E-state index in [2.05, 4.69) is 5.32 Å². The van der Waals surface area contributed by atoms with Gasteiger partial charge in [-0.3, -0.25) is 0 Å². The van der Waals surface area contributed by atoms with Crippen molar-refractivity contribution >= 4 is 27.1 Å². The topological polar surface area (TPSA) is 88.9 Å². The first kappa shape index (κ1) is 25.8. The number of hydrogen-bond acceptors (Lipinski definition) is 5. The Labute approximate surface area is 202 Å². The lowest BCUT2D eigenvalue weighted by atomic mass is 10.1. The number of hydrogen-bond donors (Lipinski definition) is 1. The Balaban J connectivity index is 1.90. The van der Waals surface area contributed by atoms with Gasteiger partial charge < -0.3 is 14.5 Å². The summed E-state index contributed by atoms with van der Waals surface area (Å²) >= 11 is 0. The average molecular weight is 487 g/mol. The van der Waals surface area contributed by atoms with Crippen LogP contribution in [0.4, 0.5) is 4.79 Å². The number of fused-ring (bicyclic) bond motifs is 1. The molecule has 2 aromatic carbocycles. The summed E-state index contributed by atoms with van der Waals surface area (Å²) in [6, 6.07) is 15.8. The van der Waals surface area contributed by atoms with E-state index in [0.29, 0.717) is 18.5 Å². The molecule has 0 spiro atoms. The van der Waals surface area contributed by atoms with Gasteiger partial charge in [0.2, 0.25) is 10.0 Å². The molecule has 34 heavy (non-hydrogen) atoms. The number of furan rings is 1. The second kappa shape index (κ2) is 10.6. The van der Waals surface area contributed by atoms with Crippen LogP contribution in [0.25, 0.3) is 11.0 Å². The number of amides is 1. The first-order chi connectivity index (χ1) is 15.9. The highest BCUT2D eigenvalue weighted by molar-refractivity contribution is 7.89. The predicted octanol–water partition coefficient (Wildman–Crippen LogP) is 5.22. The lowest BCUT2D eigenvalue weighted by Crippen LogP contribution is -2.49. The van der Waals surface area contributed by atoms with Crippen LogP contribution < -0.4 is 5.32 Å². The summed E-state index contributed by atoms with van der Waals surface area (Å²) in [5, 5.41) is 3.61. The van der Waals surface area contributed by atoms with Gasteiger partial charge >= 0.3 is 6.09 Å². The van der Waals surface area contributed by atoms with Gasteiger partial charge in [0, 0.05) is 18.5 Å². The lowest BCUT2D eigenvalue weighted by molar-refractivity contribution is 0.0498. The van der Waals surface area contributed by atoms with Crippen molar-refractivity contribution < 1.29 is 22.4 Å². The van der Waals surface area contributed by atoms with Crippen molar-refractivity contribution in [2.24, 2.45) is 5.92 Å². The summed E-state index contributed by atoms with van der Waals surface area (Å²) < 4.78 is 39.6. The van der Waals surface area contributed by atoms with E-state index in [1.807, 2.05) is 44.2 Å². The highest BCUT2D eigenvalue weighted by atomic mass is 32.2. The number of nitrogens with zero attached hydrogens (tertiary/aromatic N) is 1. The van der Waals surface area contributed by atoms with Crippen molar-refractivity contribution in [1.82, 2.24) is 9.62 Å². The van der Waals surface area contributed by atoms with Gasteiger partial charge in [0.15, 0.2) is 0 Å². The minimum Gasteiger partial charge on any atom is -0.464 e. The Kier molecular flexibility index (Phi) is 8.05. The van der Waals surface area contributed by atoms with Crippen molar-refractivity contribution in [3.05, 3.63) is 66.4 Å². The van der Waals surface area contributed by atoms with Crippen molar-refractivity contribution in [2.45, 2.75) is 57.6 Å². The van der Waals surface area contributed by atoms with Gasteiger partial charge in [-0.05, 0) is 62.9 Å². The van der Waals surface area contributed by atoms with E-state index in [9.17, 15) is 13.2 Å². The summed E-state index contributed by atoms with van der Waals surface area (Å²) in [5.41, 5.74) is 0.957. The van der Waals surface area contributed by atoms with E-state index in [-0.39, 0.29) is 17.4 Å². The number of nitrogens with one attached hydrogen (secondary N) is 1. The van der Waals surface area contributed by atoms with E-state index in [4.69, 9.17) is 9.15 Å². The molecule has 0 unspecified atom stereocenters. The molecule has 1 amide bonds. The molecule has 8 heteroatoms. The SMILES string of the molecule is CC(C)CN(C[C@H](Cc1ccccc1)NC(=O)OC(C)(C)C)S(=O)(=O)c1ccc2occc2c1. The maximum absolute atomic E-state index is 13.7. The largest absolute Gasteiger partial charge is 0.464 e. The third-order valence-corrected chi connectivity index (χ3v) is 6.93. The van der Waals surface area contributed by atoms with Gasteiger partial charge in [0.05, 0.1) is 17.2 Å². The molecule has 1 aromatic heterocycles. The highest BCUT2D eigenvalue weighted by Crippen LogP contribution is 2.24. The van der Waals surface area contributed by atoms with Crippen LogP contribution in [-0.2, 0) is 21.2 Å². The average Bonchev–Trinajstić information content (AvgIpc) is 3.20. The summed E-state index contributed by atoms with van der Waals surface area (Å²) in [7, 11) is -3.82. The first-order valence-electron chi connectivity index (χ1n) is 11.4. The van der Waals surface area contributed by atoms with Gasteiger partial charge in [0.25, 0.3) is 0 Å². The Morgan fingerprint density at radius 3 is 2.41 bits per heavy atom. The number of benzene rings is 2. The third-order valence-electron chi connectivity index (χ3n) is 5.10. The fraction of sp³-hybridized carbons (Fsp3) is 0.423. The molecule has 0 radical (unpaired) electrons. The monoisotopic (exact) mass is 486 g/mol. The minimum absolute atomic E-state index is 0.0892. The van der Waals surface area contributed by atoms with Crippen molar-refractivity contribution in [1.29, 1.82) is 0 Å². The highest BCUT2D eigenvalue weighted by Gasteiger charge is 2.30. The molecule has 0 saturated heterocycles. The van der Waals surface area contributed by atoms with Crippen LogP contribution in [0.3, 0.4) is 0 Å². The second-order valence-electron chi connectivity index (χ2n) is 9.87. The minimum atomic E-state index is -3.82. The zero-order chi connectivity index (χ0) is 24.9. The zero-order valence-corrected chi connectivity index (χ0v) is 21.3. The second-order valence-corrected chi connectivity index (χ2v) is 11.8. The maximum Gasteiger partial charge on any atom is 0.407 e. The quantitative estimate of drug-likeness (QED) is 0.448. The molecule has 1 atom stereocenters. The molecule has 0 aliphatic heterocycles. The number of carbonyl (C=O) groups is 1. The van der Waals surface area contributed by atoms with Crippen LogP contribution in [0.15, 0.2) is 70.2 Å². The Hall–Kier alpha value is -2.84. The Bertz CT molecular complexity index is 1200. The fourth-order valence-electron chi connectivity index (χ4n) is 3.71. The smallest absolute Gasteiger partial charge is 0.407 e. The molecule has 0 fully saturated rings. The lowest BCUT2D eigenvalue weighted by Gasteiger charge is -2.30. The van der Waals surface area contributed by atoms with Crippen LogP contribution in [0, 0.1) is 5.92 Å². The van der Waals surface area contributed by atoms with Crippen LogP contribution in [-0.4, -0.2) is 43.5 Å². The van der Waals surface area contributed by atoms with Gasteiger partial charge in [-0.25, -0.2) is 13.2 Å². The van der Waals surface area contributed by atoms with E-state index in [1.54, 1.807) is 45.0 Å². The van der Waals surface area contributed by atoms with Gasteiger partial charge in [-0.15, -0.1) is 0 Å². The third kappa shape index (κ3) is 7.08. The zero-order valence-electron chi connectivity index (χ0n) is 20.4. The number of carbonyl (C=O) groups excluding carboxylic acids is 1. The van der Waals surface area contributed by atoms with Crippen LogP contribution in [0.5, 0.6) is 0 Å². The summed E-state index contributed by atoms with van der Waals surface area (Å²) in [6.07, 6.45) is 1.42. The molecule has 1 heterocycles. The number of sulfonamides is 1. The molecule has 0 saturated carbocycles. The summed E-state index contributed by atoms with van der Waals surface area (Å²) in [4.78, 5) is 12.8. The van der Waals surface area contributed by atoms with Crippen LogP contribution in [0.2, 0.25) is 0 Å². The van der Waals surface area contributed by atoms with Crippen LogP contribution in [0.1, 0.15) is 40.2 Å². The van der Waals surface area contributed by atoms with E-state index < -0.39 is 27.8 Å². The van der Waals surface area contributed by atoms with Gasteiger partial charge in [0.1, 0.15) is 11.2 Å². The summed E-state index contributed by atoms with van der Waals surface area (Å²) in [6.45, 7) is 9.73. The van der Waals surface area contributed by atoms with Crippen molar-refractivity contribution in [2.75, 3.05) is 13.1 Å². The Morgan fingerprint density at radius 2 is 1.76 bits per heavy atom. The maximum atomic E-state index is 13.7. The first-order valence-corrected chi connectivity index (χ1v) is 12.9. The molecule has 3 rings (SSSR count). The Morgan fingerprint density at radius 1 is 1.06 bits per heavy atom. The molecule has 0 aliphatic carbocycles. The molecular weight excluding hydrogens is 452 g/mol. The van der Waals surface area contributed by atoms with Gasteiger partial charge in [-0.2, -0.15) is 4.31 Å². The molecular formula is C26H34N2O5S. The van der Waals surface area contributed by atoms with Crippen molar-refractivity contribution in [3.8, 4) is 0 Å². The molecule has 0 aliphatic rings. The van der Waals surface area contributed by atoms with Crippen LogP contribution >= 0.6 is 0 Å². The predicted molar refractivity (Wildman–Crippen MR) is 133 cm³/mol. The number of alkyl carbamates (subject to hydrolysis) is 1. The van der Waals surface area contributed by atoms with E-state index >= 15 is 0 Å². The molecule has 184 valence electrons. The standard InChI is InChI=1S/C26H34N2O5S/c1-19(2)17-28(34(30,31)23-11-12-24-21(16-23)13-14-32-24)18-22(15-20-9-7-6-8-10-20)27-25(29)33-26(3,4)5/h6-14,16,19,22H,15,17-18H2,1-5H3,(H,27,29)/t22-/m0/s1. The van der Waals surface area contributed by atoms with E-state index in [1.165, 1.54) is 10.6 Å².